The molecule has 0 saturated carbocycles. The van der Waals surface area contributed by atoms with Crippen LogP contribution in [0.3, 0.4) is 0 Å². The third-order valence-corrected chi connectivity index (χ3v) is 1.59. The highest BCUT2D eigenvalue weighted by Gasteiger charge is 1.98. The van der Waals surface area contributed by atoms with Gasteiger partial charge in [0.05, 0.1) is 5.71 Å². The number of oxime groups is 1. The quantitative estimate of drug-likeness (QED) is 0.570. The normalized spacial score (nSPS) is 11.4. The molecule has 3 nitrogen and oxygen atoms in total. The molecule has 0 heterocycles. The van der Waals surface area contributed by atoms with Crippen LogP contribution in [-0.4, -0.2) is 17.4 Å². The Morgan fingerprint density at radius 1 is 1.54 bits per heavy atom. The van der Waals surface area contributed by atoms with Crippen molar-refractivity contribution in [1.29, 1.82) is 0 Å². The van der Waals surface area contributed by atoms with Gasteiger partial charge >= 0.3 is 0 Å². The number of nitrogens with zero attached hydrogens (tertiary/aromatic N) is 1. The second-order valence-electron chi connectivity index (χ2n) is 2.64. The lowest BCUT2D eigenvalue weighted by atomic mass is 10.1. The summed E-state index contributed by atoms with van der Waals surface area (Å²) in [5.74, 6) is 0.239. The van der Waals surface area contributed by atoms with E-state index in [1.807, 2.05) is 19.9 Å². The van der Waals surface area contributed by atoms with Crippen molar-refractivity contribution in [3.05, 3.63) is 29.8 Å². The van der Waals surface area contributed by atoms with Crippen molar-refractivity contribution < 1.29 is 9.94 Å². The number of phenolic OH excluding ortho intramolecular Hbond substituents is 1. The molecule has 0 saturated heterocycles. The minimum atomic E-state index is 0.239. The third kappa shape index (κ3) is 2.78. The summed E-state index contributed by atoms with van der Waals surface area (Å²) in [5, 5.41) is 13.1. The van der Waals surface area contributed by atoms with Gasteiger partial charge in [-0.1, -0.05) is 17.3 Å². The molecule has 0 unspecified atom stereocenters. The highest BCUT2D eigenvalue weighted by atomic mass is 16.6. The summed E-state index contributed by atoms with van der Waals surface area (Å²) in [4.78, 5) is 4.90. The van der Waals surface area contributed by atoms with Gasteiger partial charge < -0.3 is 9.94 Å². The summed E-state index contributed by atoms with van der Waals surface area (Å²) in [5.41, 5.74) is 1.63. The van der Waals surface area contributed by atoms with Crippen molar-refractivity contribution in [2.24, 2.45) is 5.16 Å². The molecule has 0 aliphatic heterocycles. The average molecular weight is 179 g/mol. The SMILES string of the molecule is CCO/N=C(/C)c1cccc(O)c1. The van der Waals surface area contributed by atoms with Crippen LogP contribution in [0.5, 0.6) is 5.75 Å². The molecule has 0 bridgehead atoms. The maximum Gasteiger partial charge on any atom is 0.116 e. The molecule has 1 rings (SSSR count). The summed E-state index contributed by atoms with van der Waals surface area (Å²) < 4.78 is 0. The highest BCUT2D eigenvalue weighted by molar-refractivity contribution is 5.98. The molecule has 0 amide bonds. The number of rotatable bonds is 3. The summed E-state index contributed by atoms with van der Waals surface area (Å²) >= 11 is 0. The fraction of sp³-hybridized carbons (Fsp3) is 0.300. The Hall–Kier alpha value is -1.51. The first-order chi connectivity index (χ1) is 6.24. The molecular weight excluding hydrogens is 166 g/mol. The number of phenols is 1. The Morgan fingerprint density at radius 2 is 2.31 bits per heavy atom. The molecular formula is C10H13NO2. The van der Waals surface area contributed by atoms with Crippen LogP contribution in [0.2, 0.25) is 0 Å². The first-order valence-corrected chi connectivity index (χ1v) is 4.20. The molecule has 0 spiro atoms. The zero-order valence-corrected chi connectivity index (χ0v) is 7.82. The van der Waals surface area contributed by atoms with E-state index in [0.717, 1.165) is 11.3 Å². The fourth-order valence-electron chi connectivity index (χ4n) is 0.945. The standard InChI is InChI=1S/C10H13NO2/c1-3-13-11-8(2)9-5-4-6-10(12)7-9/h4-7,12H,3H2,1-2H3/b11-8-. The van der Waals surface area contributed by atoms with E-state index in [2.05, 4.69) is 5.16 Å². The lowest BCUT2D eigenvalue weighted by molar-refractivity contribution is 0.159. The van der Waals surface area contributed by atoms with Gasteiger partial charge in [0.15, 0.2) is 0 Å². The van der Waals surface area contributed by atoms with Gasteiger partial charge in [0.1, 0.15) is 12.4 Å². The van der Waals surface area contributed by atoms with Crippen molar-refractivity contribution in [2.45, 2.75) is 13.8 Å². The summed E-state index contributed by atoms with van der Waals surface area (Å²) in [6, 6.07) is 6.92. The van der Waals surface area contributed by atoms with Crippen molar-refractivity contribution >= 4 is 5.71 Å². The van der Waals surface area contributed by atoms with Gasteiger partial charge in [-0.3, -0.25) is 0 Å². The zero-order valence-electron chi connectivity index (χ0n) is 7.82. The zero-order chi connectivity index (χ0) is 9.68. The molecule has 1 N–H and O–H groups in total. The fourth-order valence-corrected chi connectivity index (χ4v) is 0.945. The smallest absolute Gasteiger partial charge is 0.116 e. The van der Waals surface area contributed by atoms with Crippen LogP contribution >= 0.6 is 0 Å². The van der Waals surface area contributed by atoms with E-state index in [4.69, 9.17) is 4.84 Å². The Balaban J connectivity index is 2.82. The van der Waals surface area contributed by atoms with Crippen molar-refractivity contribution in [2.75, 3.05) is 6.61 Å². The molecule has 1 aromatic rings. The van der Waals surface area contributed by atoms with E-state index in [1.54, 1.807) is 18.2 Å². The molecule has 0 atom stereocenters. The topological polar surface area (TPSA) is 41.8 Å². The molecule has 0 aliphatic carbocycles. The third-order valence-electron chi connectivity index (χ3n) is 1.59. The predicted octanol–water partition coefficient (Wildman–Crippen LogP) is 2.15. The molecule has 0 aromatic heterocycles. The van der Waals surface area contributed by atoms with Gasteiger partial charge in [0.2, 0.25) is 0 Å². The molecule has 0 aliphatic rings. The van der Waals surface area contributed by atoms with Gasteiger partial charge in [0, 0.05) is 5.56 Å². The molecule has 13 heavy (non-hydrogen) atoms. The van der Waals surface area contributed by atoms with E-state index in [-0.39, 0.29) is 5.75 Å². The van der Waals surface area contributed by atoms with E-state index < -0.39 is 0 Å². The van der Waals surface area contributed by atoms with Gasteiger partial charge in [-0.15, -0.1) is 0 Å². The van der Waals surface area contributed by atoms with Crippen LogP contribution < -0.4 is 0 Å². The van der Waals surface area contributed by atoms with E-state index in [9.17, 15) is 5.11 Å². The van der Waals surface area contributed by atoms with Crippen molar-refractivity contribution in [3.8, 4) is 5.75 Å². The van der Waals surface area contributed by atoms with E-state index in [1.165, 1.54) is 0 Å². The maximum absolute atomic E-state index is 9.19. The second kappa shape index (κ2) is 4.50. The first-order valence-electron chi connectivity index (χ1n) is 4.20. The Morgan fingerprint density at radius 3 is 2.92 bits per heavy atom. The molecule has 0 radical (unpaired) electrons. The summed E-state index contributed by atoms with van der Waals surface area (Å²) in [6.07, 6.45) is 0. The lowest BCUT2D eigenvalue weighted by Gasteiger charge is -2.00. The summed E-state index contributed by atoms with van der Waals surface area (Å²) in [7, 11) is 0. The maximum atomic E-state index is 9.19. The monoisotopic (exact) mass is 179 g/mol. The number of aromatic hydroxyl groups is 1. The summed E-state index contributed by atoms with van der Waals surface area (Å²) in [6.45, 7) is 4.26. The number of hydrogen-bond donors (Lipinski definition) is 1. The van der Waals surface area contributed by atoms with Gasteiger partial charge in [-0.2, -0.15) is 0 Å². The Kier molecular flexibility index (Phi) is 3.31. The van der Waals surface area contributed by atoms with Crippen LogP contribution in [-0.2, 0) is 4.84 Å². The molecule has 0 fully saturated rings. The Labute approximate surface area is 77.6 Å². The number of benzene rings is 1. The van der Waals surface area contributed by atoms with Crippen LogP contribution in [0.25, 0.3) is 0 Å². The van der Waals surface area contributed by atoms with Crippen molar-refractivity contribution in [1.82, 2.24) is 0 Å². The Bertz CT molecular complexity index is 308. The largest absolute Gasteiger partial charge is 0.508 e. The van der Waals surface area contributed by atoms with E-state index in [0.29, 0.717) is 6.61 Å². The molecule has 3 heteroatoms. The number of hydrogen-bond acceptors (Lipinski definition) is 3. The molecule has 1 aromatic carbocycles. The van der Waals surface area contributed by atoms with Gasteiger partial charge in [0.25, 0.3) is 0 Å². The van der Waals surface area contributed by atoms with Gasteiger partial charge in [-0.25, -0.2) is 0 Å². The van der Waals surface area contributed by atoms with Crippen LogP contribution in [0.4, 0.5) is 0 Å². The van der Waals surface area contributed by atoms with Crippen molar-refractivity contribution in [3.63, 3.8) is 0 Å². The van der Waals surface area contributed by atoms with Gasteiger partial charge in [-0.05, 0) is 26.0 Å². The first kappa shape index (κ1) is 9.58. The average Bonchev–Trinajstić information content (AvgIpc) is 2.14. The molecule has 70 valence electrons. The highest BCUT2D eigenvalue weighted by Crippen LogP contribution is 2.11. The van der Waals surface area contributed by atoms with Crippen LogP contribution in [0.15, 0.2) is 29.4 Å². The van der Waals surface area contributed by atoms with Crippen LogP contribution in [0.1, 0.15) is 19.4 Å². The van der Waals surface area contributed by atoms with Crippen LogP contribution in [0, 0.1) is 0 Å². The lowest BCUT2D eigenvalue weighted by Crippen LogP contribution is -1.95. The minimum absolute atomic E-state index is 0.239. The second-order valence-corrected chi connectivity index (χ2v) is 2.64. The predicted molar refractivity (Wildman–Crippen MR) is 51.9 cm³/mol. The minimum Gasteiger partial charge on any atom is -0.508 e. The van der Waals surface area contributed by atoms with E-state index >= 15 is 0 Å².